The predicted octanol–water partition coefficient (Wildman–Crippen LogP) is 15.7. The standard InChI is InChI=1S/C51H97NO3/c1-3-5-7-9-11-13-15-17-19-21-23-24-25-26-27-28-29-31-33-35-37-39-41-43-45-47-51(55)52-49(48-53)50(54)46-44-42-40-38-36-34-32-30-22-20-18-16-14-12-10-8-6-4-2/h15,17,21,23,25-26,49-50,53-54H,3-14,16,18-20,22,24,27-48H2,1-2H3,(H,52,55)/b17-15-,23-21-,26-25-. The fourth-order valence-corrected chi connectivity index (χ4v) is 7.60. The lowest BCUT2D eigenvalue weighted by Gasteiger charge is -2.22. The van der Waals surface area contributed by atoms with Gasteiger partial charge in [-0.15, -0.1) is 0 Å². The van der Waals surface area contributed by atoms with Crippen molar-refractivity contribution >= 4 is 5.91 Å². The number of hydrogen-bond acceptors (Lipinski definition) is 3. The number of rotatable bonds is 45. The van der Waals surface area contributed by atoms with Gasteiger partial charge in [-0.2, -0.15) is 0 Å². The number of nitrogens with one attached hydrogen (secondary N) is 1. The third-order valence-corrected chi connectivity index (χ3v) is 11.4. The van der Waals surface area contributed by atoms with Crippen molar-refractivity contribution < 1.29 is 15.0 Å². The first-order chi connectivity index (χ1) is 27.2. The molecule has 0 heterocycles. The molecule has 3 N–H and O–H groups in total. The summed E-state index contributed by atoms with van der Waals surface area (Å²) < 4.78 is 0. The maximum atomic E-state index is 12.4. The minimum atomic E-state index is -0.661. The maximum absolute atomic E-state index is 12.4. The minimum absolute atomic E-state index is 0.0336. The van der Waals surface area contributed by atoms with E-state index in [0.29, 0.717) is 12.8 Å². The molecule has 0 aliphatic carbocycles. The Hall–Kier alpha value is -1.39. The lowest BCUT2D eigenvalue weighted by molar-refractivity contribution is -0.123. The minimum Gasteiger partial charge on any atom is -0.394 e. The van der Waals surface area contributed by atoms with Crippen LogP contribution in [0.5, 0.6) is 0 Å². The lowest BCUT2D eigenvalue weighted by atomic mass is 10.0. The first-order valence-electron chi connectivity index (χ1n) is 24.7. The van der Waals surface area contributed by atoms with Crippen molar-refractivity contribution in [3.8, 4) is 0 Å². The molecule has 324 valence electrons. The highest BCUT2D eigenvalue weighted by molar-refractivity contribution is 5.76. The van der Waals surface area contributed by atoms with Gasteiger partial charge in [-0.25, -0.2) is 0 Å². The summed E-state index contributed by atoms with van der Waals surface area (Å²) in [4.78, 5) is 12.4. The Labute approximate surface area is 344 Å². The number of allylic oxidation sites excluding steroid dienone is 6. The molecule has 4 nitrogen and oxygen atoms in total. The molecule has 0 saturated heterocycles. The normalized spacial score (nSPS) is 13.2. The van der Waals surface area contributed by atoms with Gasteiger partial charge >= 0.3 is 0 Å². The van der Waals surface area contributed by atoms with Crippen molar-refractivity contribution in [3.05, 3.63) is 36.5 Å². The van der Waals surface area contributed by atoms with E-state index >= 15 is 0 Å². The number of aliphatic hydroxyl groups excluding tert-OH is 2. The first kappa shape index (κ1) is 53.6. The van der Waals surface area contributed by atoms with Gasteiger partial charge in [0, 0.05) is 6.42 Å². The third-order valence-electron chi connectivity index (χ3n) is 11.4. The van der Waals surface area contributed by atoms with E-state index in [4.69, 9.17) is 0 Å². The van der Waals surface area contributed by atoms with Crippen molar-refractivity contribution in [2.24, 2.45) is 0 Å². The largest absolute Gasteiger partial charge is 0.394 e. The maximum Gasteiger partial charge on any atom is 0.220 e. The highest BCUT2D eigenvalue weighted by atomic mass is 16.3. The van der Waals surface area contributed by atoms with E-state index in [-0.39, 0.29) is 12.5 Å². The van der Waals surface area contributed by atoms with Gasteiger partial charge < -0.3 is 15.5 Å². The second kappa shape index (κ2) is 47.0. The fourth-order valence-electron chi connectivity index (χ4n) is 7.60. The van der Waals surface area contributed by atoms with Gasteiger partial charge in [0.1, 0.15) is 0 Å². The molecule has 2 atom stereocenters. The number of carbonyl (C=O) groups is 1. The van der Waals surface area contributed by atoms with Crippen LogP contribution in [0.4, 0.5) is 0 Å². The summed E-state index contributed by atoms with van der Waals surface area (Å²) in [6.45, 7) is 4.36. The van der Waals surface area contributed by atoms with E-state index < -0.39 is 12.1 Å². The fraction of sp³-hybridized carbons (Fsp3) is 0.863. The molecule has 0 aromatic heterocycles. The second-order valence-electron chi connectivity index (χ2n) is 16.9. The van der Waals surface area contributed by atoms with E-state index in [9.17, 15) is 15.0 Å². The van der Waals surface area contributed by atoms with E-state index in [1.165, 1.54) is 199 Å². The van der Waals surface area contributed by atoms with Crippen LogP contribution in [0, 0.1) is 0 Å². The molecule has 0 aliphatic rings. The van der Waals surface area contributed by atoms with Crippen LogP contribution >= 0.6 is 0 Å². The molecule has 0 spiro atoms. The molecule has 4 heteroatoms. The number of carbonyl (C=O) groups excluding carboxylic acids is 1. The van der Waals surface area contributed by atoms with Gasteiger partial charge in [0.25, 0.3) is 0 Å². The molecule has 0 aromatic carbocycles. The molecule has 2 unspecified atom stereocenters. The van der Waals surface area contributed by atoms with Gasteiger partial charge in [-0.1, -0.05) is 243 Å². The highest BCUT2D eigenvalue weighted by Gasteiger charge is 2.20. The van der Waals surface area contributed by atoms with Crippen LogP contribution < -0.4 is 5.32 Å². The number of hydrogen-bond donors (Lipinski definition) is 3. The smallest absolute Gasteiger partial charge is 0.220 e. The molecule has 0 saturated carbocycles. The van der Waals surface area contributed by atoms with Gasteiger partial charge in [0.05, 0.1) is 18.8 Å². The average Bonchev–Trinajstić information content (AvgIpc) is 3.19. The van der Waals surface area contributed by atoms with Crippen molar-refractivity contribution in [2.45, 2.75) is 276 Å². The topological polar surface area (TPSA) is 69.6 Å². The molecule has 0 radical (unpaired) electrons. The summed E-state index contributed by atoms with van der Waals surface area (Å²) in [6, 6.07) is -0.538. The van der Waals surface area contributed by atoms with Crippen molar-refractivity contribution in [1.82, 2.24) is 5.32 Å². The molecule has 0 aliphatic heterocycles. The van der Waals surface area contributed by atoms with E-state index in [2.05, 4.69) is 55.6 Å². The van der Waals surface area contributed by atoms with Crippen LogP contribution in [-0.2, 0) is 4.79 Å². The Morgan fingerprint density at radius 1 is 0.436 bits per heavy atom. The van der Waals surface area contributed by atoms with Crippen molar-refractivity contribution in [1.29, 1.82) is 0 Å². The van der Waals surface area contributed by atoms with Gasteiger partial charge in [0.15, 0.2) is 0 Å². The molecule has 1 amide bonds. The lowest BCUT2D eigenvalue weighted by Crippen LogP contribution is -2.45. The van der Waals surface area contributed by atoms with Crippen LogP contribution in [0.1, 0.15) is 264 Å². The summed E-state index contributed by atoms with van der Waals surface area (Å²) in [5, 5.41) is 23.3. The summed E-state index contributed by atoms with van der Waals surface area (Å²) in [5.41, 5.74) is 0. The Morgan fingerprint density at radius 3 is 1.11 bits per heavy atom. The molecular formula is C51H97NO3. The molecule has 0 aromatic rings. The molecule has 0 fully saturated rings. The predicted molar refractivity (Wildman–Crippen MR) is 244 cm³/mol. The van der Waals surface area contributed by atoms with Crippen molar-refractivity contribution in [3.63, 3.8) is 0 Å². The van der Waals surface area contributed by atoms with Crippen LogP contribution in [0.15, 0.2) is 36.5 Å². The van der Waals surface area contributed by atoms with E-state index in [1.807, 2.05) is 0 Å². The molecule has 0 bridgehead atoms. The Kier molecular flexibility index (Phi) is 45.8. The molecular weight excluding hydrogens is 675 g/mol. The van der Waals surface area contributed by atoms with Crippen LogP contribution in [0.2, 0.25) is 0 Å². The number of amides is 1. The SMILES string of the molecule is CCCCCCC/C=C\C/C=C\C/C=C\CCCCCCCCCCCCC(=O)NC(CO)C(O)CCCCCCCCCCCCCCCCCCCC. The zero-order valence-electron chi connectivity index (χ0n) is 37.2. The quantitative estimate of drug-likeness (QED) is 0.0426. The number of aliphatic hydroxyl groups is 2. The van der Waals surface area contributed by atoms with Crippen LogP contribution in [0.3, 0.4) is 0 Å². The highest BCUT2D eigenvalue weighted by Crippen LogP contribution is 2.16. The zero-order valence-corrected chi connectivity index (χ0v) is 37.2. The van der Waals surface area contributed by atoms with Gasteiger partial charge in [-0.3, -0.25) is 4.79 Å². The van der Waals surface area contributed by atoms with Crippen LogP contribution in [0.25, 0.3) is 0 Å². The Morgan fingerprint density at radius 2 is 0.745 bits per heavy atom. The van der Waals surface area contributed by atoms with Gasteiger partial charge in [-0.05, 0) is 51.4 Å². The second-order valence-corrected chi connectivity index (χ2v) is 16.9. The van der Waals surface area contributed by atoms with Gasteiger partial charge in [0.2, 0.25) is 5.91 Å². The average molecular weight is 772 g/mol. The Bertz CT molecular complexity index is 836. The van der Waals surface area contributed by atoms with Crippen molar-refractivity contribution in [2.75, 3.05) is 6.61 Å². The molecule has 0 rings (SSSR count). The third kappa shape index (κ3) is 43.6. The summed E-state index contributed by atoms with van der Waals surface area (Å²) in [6.07, 6.45) is 62.3. The first-order valence-corrected chi connectivity index (χ1v) is 24.7. The molecule has 55 heavy (non-hydrogen) atoms. The van der Waals surface area contributed by atoms with Crippen LogP contribution in [-0.4, -0.2) is 34.9 Å². The number of unbranched alkanes of at least 4 members (excludes halogenated alkanes) is 32. The summed E-state index contributed by atoms with van der Waals surface area (Å²) in [7, 11) is 0. The Balaban J connectivity index is 3.51. The van der Waals surface area contributed by atoms with E-state index in [0.717, 1.165) is 38.5 Å². The monoisotopic (exact) mass is 772 g/mol. The van der Waals surface area contributed by atoms with E-state index in [1.54, 1.807) is 0 Å². The summed E-state index contributed by atoms with van der Waals surface area (Å²) in [5.74, 6) is -0.0336. The summed E-state index contributed by atoms with van der Waals surface area (Å²) >= 11 is 0. The zero-order chi connectivity index (χ0) is 40.0.